The second-order valence-corrected chi connectivity index (χ2v) is 14.5. The molecule has 1 aliphatic carbocycles. The summed E-state index contributed by atoms with van der Waals surface area (Å²) in [6.07, 6.45) is 9.22. The van der Waals surface area contributed by atoms with E-state index < -0.39 is 10.1 Å². The van der Waals surface area contributed by atoms with Crippen molar-refractivity contribution < 1.29 is 22.3 Å². The highest BCUT2D eigenvalue weighted by molar-refractivity contribution is 8.03. The van der Waals surface area contributed by atoms with Gasteiger partial charge >= 0.3 is 0 Å². The van der Waals surface area contributed by atoms with E-state index in [0.717, 1.165) is 40.4 Å². The summed E-state index contributed by atoms with van der Waals surface area (Å²) in [6.45, 7) is 8.21. The van der Waals surface area contributed by atoms with Crippen LogP contribution in [0.2, 0.25) is 0 Å². The molecule has 39 heavy (non-hydrogen) atoms. The van der Waals surface area contributed by atoms with E-state index >= 15 is 0 Å². The molecule has 0 unspecified atom stereocenters. The van der Waals surface area contributed by atoms with Crippen LogP contribution in [0.15, 0.2) is 75.7 Å². The van der Waals surface area contributed by atoms with Crippen LogP contribution >= 0.6 is 23.1 Å². The lowest BCUT2D eigenvalue weighted by Crippen LogP contribution is -2.36. The number of rotatable bonds is 8. The van der Waals surface area contributed by atoms with Crippen LogP contribution in [0.1, 0.15) is 45.0 Å². The number of allylic oxidation sites excluding steroid dienone is 4. The van der Waals surface area contributed by atoms with Crippen molar-refractivity contribution in [1.29, 1.82) is 0 Å². The maximum absolute atomic E-state index is 11.3. The van der Waals surface area contributed by atoms with Crippen LogP contribution in [-0.2, 0) is 16.7 Å². The number of anilines is 1. The van der Waals surface area contributed by atoms with Crippen molar-refractivity contribution in [2.75, 3.05) is 24.3 Å². The molecule has 0 spiro atoms. The van der Waals surface area contributed by atoms with Crippen LogP contribution in [0.4, 0.5) is 5.69 Å². The van der Waals surface area contributed by atoms with Gasteiger partial charge in [0.2, 0.25) is 5.52 Å². The fourth-order valence-corrected chi connectivity index (χ4v) is 8.29. The molecule has 0 bridgehead atoms. The van der Waals surface area contributed by atoms with Crippen LogP contribution in [0.3, 0.4) is 0 Å². The van der Waals surface area contributed by atoms with Crippen LogP contribution < -0.4 is 14.2 Å². The van der Waals surface area contributed by atoms with Crippen LogP contribution in [0.5, 0.6) is 5.75 Å². The molecule has 0 saturated carbocycles. The molecule has 2 aromatic carbocycles. The molecule has 1 N–H and O–H groups in total. The number of thiazole rings is 1. The zero-order valence-electron chi connectivity index (χ0n) is 22.8. The van der Waals surface area contributed by atoms with E-state index in [9.17, 15) is 13.0 Å². The van der Waals surface area contributed by atoms with Crippen LogP contribution in [-0.4, -0.2) is 32.4 Å². The summed E-state index contributed by atoms with van der Waals surface area (Å²) in [4.78, 5) is 3.59. The van der Waals surface area contributed by atoms with Gasteiger partial charge in [0.15, 0.2) is 6.54 Å². The van der Waals surface area contributed by atoms with Crippen molar-refractivity contribution in [3.05, 3.63) is 75.8 Å². The first-order valence-electron chi connectivity index (χ1n) is 13.2. The predicted molar refractivity (Wildman–Crippen MR) is 162 cm³/mol. The molecule has 9 heteroatoms. The topological polar surface area (TPSA) is 70.7 Å². The molecule has 0 amide bonds. The van der Waals surface area contributed by atoms with Gasteiger partial charge in [-0.1, -0.05) is 55.2 Å². The van der Waals surface area contributed by atoms with E-state index in [1.165, 1.54) is 26.8 Å². The zero-order valence-corrected chi connectivity index (χ0v) is 25.3. The average molecular weight is 584 g/mol. The van der Waals surface area contributed by atoms with Gasteiger partial charge in [0, 0.05) is 36.1 Å². The Morgan fingerprint density at radius 3 is 2.69 bits per heavy atom. The molecule has 1 aromatic heterocycles. The summed E-state index contributed by atoms with van der Waals surface area (Å²) in [5, 5.41) is 2.32. The monoisotopic (exact) mass is 583 g/mol. The highest BCUT2D eigenvalue weighted by Gasteiger charge is 2.29. The Balaban J connectivity index is 1.50. The number of aryl methyl sites for hydroxylation is 1. The van der Waals surface area contributed by atoms with Crippen molar-refractivity contribution in [1.82, 2.24) is 0 Å². The smallest absolute Gasteiger partial charge is 0.265 e. The summed E-state index contributed by atoms with van der Waals surface area (Å²) in [5.41, 5.74) is 4.95. The predicted octanol–water partition coefficient (Wildman–Crippen LogP) is 7.08. The minimum absolute atomic E-state index is 0.107. The van der Waals surface area contributed by atoms with E-state index in [-0.39, 0.29) is 11.2 Å². The highest BCUT2D eigenvalue weighted by atomic mass is 32.2. The molecule has 0 fully saturated rings. The maximum Gasteiger partial charge on any atom is 0.265 e. The number of thioether (sulfide) groups is 1. The minimum atomic E-state index is -3.99. The molecule has 2 aliphatic rings. The van der Waals surface area contributed by atoms with Crippen molar-refractivity contribution in [3.8, 4) is 5.75 Å². The summed E-state index contributed by atoms with van der Waals surface area (Å²) >= 11 is 3.52. The normalized spacial score (nSPS) is 19.1. The fraction of sp³-hybridized carbons (Fsp3) is 0.367. The van der Waals surface area contributed by atoms with E-state index in [1.807, 2.05) is 18.2 Å². The van der Waals surface area contributed by atoms with Crippen molar-refractivity contribution >= 4 is 55.2 Å². The van der Waals surface area contributed by atoms with Crippen molar-refractivity contribution in [2.45, 2.75) is 51.5 Å². The summed E-state index contributed by atoms with van der Waals surface area (Å²) in [7, 11) is -2.29. The quantitative estimate of drug-likeness (QED) is 0.226. The zero-order chi connectivity index (χ0) is 27.8. The number of hydrogen-bond acceptors (Lipinski definition) is 6. The van der Waals surface area contributed by atoms with Gasteiger partial charge in [-0.3, -0.25) is 4.55 Å². The molecular weight excluding hydrogens is 549 g/mol. The molecular formula is C30H35N2O4S3+. The summed E-state index contributed by atoms with van der Waals surface area (Å²) in [5.74, 6) is 0.621. The molecule has 5 rings (SSSR count). The van der Waals surface area contributed by atoms with Gasteiger partial charge in [-0.2, -0.15) is 13.0 Å². The number of aromatic nitrogens is 1. The lowest BCUT2D eigenvalue weighted by atomic mass is 9.75. The molecule has 1 aliphatic heterocycles. The van der Waals surface area contributed by atoms with Gasteiger partial charge in [0.1, 0.15) is 10.4 Å². The summed E-state index contributed by atoms with van der Waals surface area (Å²) < 4.78 is 40.7. The van der Waals surface area contributed by atoms with Crippen molar-refractivity contribution in [2.24, 2.45) is 5.41 Å². The third kappa shape index (κ3) is 6.43. The molecule has 3 aromatic rings. The first-order valence-corrected chi connectivity index (χ1v) is 16.4. The second-order valence-electron chi connectivity index (χ2n) is 10.8. The number of benzene rings is 2. The second kappa shape index (κ2) is 11.1. The lowest BCUT2D eigenvalue weighted by Gasteiger charge is -2.31. The first-order chi connectivity index (χ1) is 18.5. The van der Waals surface area contributed by atoms with Gasteiger partial charge in [-0.25, -0.2) is 0 Å². The molecule has 0 radical (unpaired) electrons. The Kier molecular flexibility index (Phi) is 7.97. The summed E-state index contributed by atoms with van der Waals surface area (Å²) in [6, 6.07) is 14.5. The number of hydrogen-bond donors (Lipinski definition) is 1. The average Bonchev–Trinajstić information content (AvgIpc) is 3.38. The molecule has 206 valence electrons. The Labute approximate surface area is 239 Å². The van der Waals surface area contributed by atoms with Gasteiger partial charge in [-0.05, 0) is 60.6 Å². The lowest BCUT2D eigenvalue weighted by molar-refractivity contribution is -0.668. The van der Waals surface area contributed by atoms with Crippen LogP contribution in [0, 0.1) is 5.41 Å². The standard InChI is InChI=1S/C30H34N2O4S3/c1-5-31-25-18-23(36-4)11-12-27(25)38-28(31)16-21-15-22(20-30(2,3)19-21)17-29-32(13-8-14-39(33,34)35)24-9-6-7-10-26(24)37-29/h6-7,9-12,15-18H,5,8,13-14,19-20H2,1-4H3/p+1. The molecule has 6 nitrogen and oxygen atoms in total. The first kappa shape index (κ1) is 28.0. The van der Waals surface area contributed by atoms with Crippen molar-refractivity contribution in [3.63, 3.8) is 0 Å². The largest absolute Gasteiger partial charge is 0.497 e. The minimum Gasteiger partial charge on any atom is -0.497 e. The highest BCUT2D eigenvalue weighted by Crippen LogP contribution is 2.49. The van der Waals surface area contributed by atoms with Gasteiger partial charge in [0.25, 0.3) is 15.1 Å². The third-order valence-corrected chi connectivity index (χ3v) is 10.1. The van der Waals surface area contributed by atoms with E-state index in [2.05, 4.69) is 72.7 Å². The fourth-order valence-electron chi connectivity index (χ4n) is 5.45. The Bertz CT molecular complexity index is 1600. The third-order valence-electron chi connectivity index (χ3n) is 7.03. The van der Waals surface area contributed by atoms with E-state index in [4.69, 9.17) is 4.74 Å². The van der Waals surface area contributed by atoms with E-state index in [0.29, 0.717) is 13.0 Å². The van der Waals surface area contributed by atoms with Gasteiger partial charge in [-0.15, -0.1) is 0 Å². The van der Waals surface area contributed by atoms with Crippen LogP contribution in [0.25, 0.3) is 16.3 Å². The van der Waals surface area contributed by atoms with Gasteiger partial charge in [0.05, 0.1) is 23.6 Å². The number of nitrogens with zero attached hydrogens (tertiary/aromatic N) is 2. The maximum atomic E-state index is 11.3. The Morgan fingerprint density at radius 2 is 1.95 bits per heavy atom. The molecule has 2 heterocycles. The van der Waals surface area contributed by atoms with E-state index in [1.54, 1.807) is 30.2 Å². The number of methoxy groups -OCH3 is 1. The number of para-hydroxylation sites is 1. The molecule has 0 saturated heterocycles. The Morgan fingerprint density at radius 1 is 1.15 bits per heavy atom. The van der Waals surface area contributed by atoms with Gasteiger partial charge < -0.3 is 9.64 Å². The SMILES string of the molecule is CCN1C(=CC2=CC(=Cc3sc4ccccc4[n+]3CCCS(=O)(=O)O)CC(C)(C)C2)Sc2ccc(OC)cc21. The number of fused-ring (bicyclic) bond motifs is 2. The Hall–Kier alpha value is -2.59. The number of ether oxygens (including phenoxy) is 1. The molecule has 0 atom stereocenters.